The molecule has 0 unspecified atom stereocenters. The van der Waals surface area contributed by atoms with Crippen LogP contribution in [0.15, 0.2) is 0 Å². The van der Waals surface area contributed by atoms with E-state index in [1.165, 1.54) is 0 Å². The maximum absolute atomic E-state index is 12.7. The van der Waals surface area contributed by atoms with Crippen molar-refractivity contribution in [1.82, 2.24) is 10.2 Å². The van der Waals surface area contributed by atoms with Crippen LogP contribution in [-0.2, 0) is 14.3 Å². The van der Waals surface area contributed by atoms with Crippen LogP contribution < -0.4 is 5.32 Å². The van der Waals surface area contributed by atoms with Crippen LogP contribution in [0.3, 0.4) is 0 Å². The first-order valence-corrected chi connectivity index (χ1v) is 8.11. The number of likely N-dealkylation sites (tertiary alicyclic amines) is 1. The Morgan fingerprint density at radius 2 is 1.88 bits per heavy atom. The summed E-state index contributed by atoms with van der Waals surface area (Å²) in [6, 6.07) is -1.98. The van der Waals surface area contributed by atoms with Gasteiger partial charge in [0.1, 0.15) is 17.7 Å². The Hall–Kier alpha value is -1.83. The first-order valence-electron chi connectivity index (χ1n) is 8.11. The van der Waals surface area contributed by atoms with Crippen LogP contribution in [0.25, 0.3) is 0 Å². The van der Waals surface area contributed by atoms with Gasteiger partial charge >= 0.3 is 12.1 Å². The topological polar surface area (TPSA) is 116 Å². The number of carbonyl (C=O) groups excluding carboxylic acids is 2. The highest BCUT2D eigenvalue weighted by Crippen LogP contribution is 2.21. The molecule has 0 radical (unpaired) electrons. The van der Waals surface area contributed by atoms with Gasteiger partial charge in [-0.25, -0.2) is 9.59 Å². The van der Waals surface area contributed by atoms with E-state index in [1.54, 1.807) is 20.8 Å². The number of amides is 2. The van der Waals surface area contributed by atoms with E-state index in [0.29, 0.717) is 6.42 Å². The molecule has 0 saturated carbocycles. The third kappa shape index (κ3) is 5.99. The number of ether oxygens (including phenoxy) is 1. The zero-order valence-corrected chi connectivity index (χ0v) is 14.9. The Morgan fingerprint density at radius 1 is 1.29 bits per heavy atom. The molecule has 0 spiro atoms. The summed E-state index contributed by atoms with van der Waals surface area (Å²) >= 11 is 0. The van der Waals surface area contributed by atoms with E-state index in [1.807, 2.05) is 13.8 Å². The first-order chi connectivity index (χ1) is 10.9. The van der Waals surface area contributed by atoms with Crippen LogP contribution in [0.5, 0.6) is 0 Å². The Labute approximate surface area is 142 Å². The first kappa shape index (κ1) is 20.2. The lowest BCUT2D eigenvalue weighted by Crippen LogP contribution is -2.53. The third-order valence-corrected chi connectivity index (χ3v) is 3.54. The summed E-state index contributed by atoms with van der Waals surface area (Å²) in [5.41, 5.74) is -0.705. The summed E-state index contributed by atoms with van der Waals surface area (Å²) < 4.78 is 5.17. The number of aliphatic carboxylic acids is 1. The third-order valence-electron chi connectivity index (χ3n) is 3.54. The molecule has 138 valence electrons. The van der Waals surface area contributed by atoms with Crippen molar-refractivity contribution in [2.75, 3.05) is 6.54 Å². The van der Waals surface area contributed by atoms with Crippen molar-refractivity contribution in [2.24, 2.45) is 5.92 Å². The van der Waals surface area contributed by atoms with Gasteiger partial charge in [-0.1, -0.05) is 13.8 Å². The average Bonchev–Trinajstić information content (AvgIpc) is 2.76. The van der Waals surface area contributed by atoms with Crippen LogP contribution in [0.1, 0.15) is 47.5 Å². The Morgan fingerprint density at radius 3 is 2.33 bits per heavy atom. The Bertz CT molecular complexity index is 485. The maximum Gasteiger partial charge on any atom is 0.408 e. The number of nitrogens with one attached hydrogen (secondary N) is 1. The molecule has 1 aliphatic rings. The number of hydrogen-bond donors (Lipinski definition) is 3. The van der Waals surface area contributed by atoms with Gasteiger partial charge in [-0.3, -0.25) is 4.79 Å². The number of rotatable bonds is 5. The molecule has 1 fully saturated rings. The maximum atomic E-state index is 12.7. The summed E-state index contributed by atoms with van der Waals surface area (Å²) in [4.78, 5) is 37.1. The van der Waals surface area contributed by atoms with E-state index in [0.717, 1.165) is 4.90 Å². The number of nitrogens with zero attached hydrogens (tertiary/aromatic N) is 1. The van der Waals surface area contributed by atoms with E-state index < -0.39 is 41.8 Å². The fraction of sp³-hybridized carbons (Fsp3) is 0.812. The molecule has 1 saturated heterocycles. The van der Waals surface area contributed by atoms with Gasteiger partial charge < -0.3 is 25.2 Å². The van der Waals surface area contributed by atoms with Gasteiger partial charge in [0.25, 0.3) is 0 Å². The van der Waals surface area contributed by atoms with Gasteiger partial charge in [0, 0.05) is 13.0 Å². The van der Waals surface area contributed by atoms with Gasteiger partial charge in [-0.05, 0) is 33.1 Å². The molecule has 0 aromatic heterocycles. The number of alkyl carbamates (subject to hydrolysis) is 1. The molecule has 2 amide bonds. The standard InChI is InChI=1S/C16H28N2O6/c1-9(2)6-11(17-15(23)24-16(3,4)5)13(20)18-8-10(19)7-12(18)14(21)22/h9-12,19H,6-8H2,1-5H3,(H,17,23)(H,21,22)/t10-,11+,12+/m1/s1. The highest BCUT2D eigenvalue weighted by molar-refractivity contribution is 5.90. The van der Waals surface area contributed by atoms with Crippen LogP contribution in [0.4, 0.5) is 4.79 Å². The molecular weight excluding hydrogens is 316 g/mol. The predicted molar refractivity (Wildman–Crippen MR) is 86.4 cm³/mol. The van der Waals surface area contributed by atoms with Crippen LogP contribution in [0, 0.1) is 5.92 Å². The lowest BCUT2D eigenvalue weighted by Gasteiger charge is -2.29. The van der Waals surface area contributed by atoms with E-state index in [9.17, 15) is 24.6 Å². The van der Waals surface area contributed by atoms with Gasteiger partial charge in [-0.2, -0.15) is 0 Å². The number of hydrogen-bond acceptors (Lipinski definition) is 5. The Kier molecular flexibility index (Phi) is 6.59. The SMILES string of the molecule is CC(C)C[C@H](NC(=O)OC(C)(C)C)C(=O)N1C[C@H](O)C[C@H]1C(=O)O. The normalized spacial score (nSPS) is 22.4. The van der Waals surface area contributed by atoms with Crippen molar-refractivity contribution in [3.05, 3.63) is 0 Å². The molecule has 3 N–H and O–H groups in total. The number of carbonyl (C=O) groups is 3. The summed E-state index contributed by atoms with van der Waals surface area (Å²) in [5, 5.41) is 21.5. The quantitative estimate of drug-likeness (QED) is 0.684. The van der Waals surface area contributed by atoms with Gasteiger partial charge in [0.15, 0.2) is 0 Å². The van der Waals surface area contributed by atoms with Gasteiger partial charge in [-0.15, -0.1) is 0 Å². The molecule has 0 aromatic rings. The van der Waals surface area contributed by atoms with E-state index in [4.69, 9.17) is 4.74 Å². The lowest BCUT2D eigenvalue weighted by molar-refractivity contribution is -0.149. The highest BCUT2D eigenvalue weighted by atomic mass is 16.6. The molecule has 1 heterocycles. The van der Waals surface area contributed by atoms with E-state index >= 15 is 0 Å². The van der Waals surface area contributed by atoms with Crippen LogP contribution in [-0.4, -0.2) is 63.4 Å². The summed E-state index contributed by atoms with van der Waals surface area (Å²) in [7, 11) is 0. The molecule has 0 aliphatic carbocycles. The molecule has 1 rings (SSSR count). The monoisotopic (exact) mass is 344 g/mol. The smallest absolute Gasteiger partial charge is 0.408 e. The number of carboxylic acids is 1. The molecule has 0 bridgehead atoms. The zero-order valence-electron chi connectivity index (χ0n) is 14.9. The molecular formula is C16H28N2O6. The molecule has 3 atom stereocenters. The molecule has 8 nitrogen and oxygen atoms in total. The number of β-amino-alcohol motifs (C(OH)–C–C–N with tert-alkyl or cyclic N) is 1. The van der Waals surface area contributed by atoms with Crippen LogP contribution in [0.2, 0.25) is 0 Å². The van der Waals surface area contributed by atoms with Gasteiger partial charge in [0.05, 0.1) is 6.10 Å². The Balaban J connectivity index is 2.88. The lowest BCUT2D eigenvalue weighted by atomic mass is 10.0. The number of aliphatic hydroxyl groups is 1. The predicted octanol–water partition coefficient (Wildman–Crippen LogP) is 0.972. The van der Waals surface area contributed by atoms with Crippen molar-refractivity contribution < 1.29 is 29.3 Å². The van der Waals surface area contributed by atoms with Crippen molar-refractivity contribution in [3.63, 3.8) is 0 Å². The van der Waals surface area contributed by atoms with Crippen LogP contribution >= 0.6 is 0 Å². The second kappa shape index (κ2) is 7.83. The minimum atomic E-state index is -1.17. The fourth-order valence-electron chi connectivity index (χ4n) is 2.63. The molecule has 8 heteroatoms. The average molecular weight is 344 g/mol. The summed E-state index contributed by atoms with van der Waals surface area (Å²) in [6.45, 7) is 8.87. The summed E-state index contributed by atoms with van der Waals surface area (Å²) in [5.74, 6) is -1.58. The van der Waals surface area contributed by atoms with Crippen molar-refractivity contribution in [2.45, 2.75) is 71.2 Å². The van der Waals surface area contributed by atoms with Crippen molar-refractivity contribution in [1.29, 1.82) is 0 Å². The van der Waals surface area contributed by atoms with Gasteiger partial charge in [0.2, 0.25) is 5.91 Å². The minimum absolute atomic E-state index is 0.0120. The summed E-state index contributed by atoms with van der Waals surface area (Å²) in [6.07, 6.45) is -1.27. The van der Waals surface area contributed by atoms with E-state index in [2.05, 4.69) is 5.32 Å². The number of aliphatic hydroxyl groups excluding tert-OH is 1. The molecule has 24 heavy (non-hydrogen) atoms. The second-order valence-corrected chi connectivity index (χ2v) is 7.56. The minimum Gasteiger partial charge on any atom is -0.480 e. The van der Waals surface area contributed by atoms with Crippen molar-refractivity contribution in [3.8, 4) is 0 Å². The second-order valence-electron chi connectivity index (χ2n) is 7.56. The largest absolute Gasteiger partial charge is 0.480 e. The molecule has 0 aromatic carbocycles. The molecule has 1 aliphatic heterocycles. The highest BCUT2D eigenvalue weighted by Gasteiger charge is 2.41. The van der Waals surface area contributed by atoms with E-state index in [-0.39, 0.29) is 18.9 Å². The fourth-order valence-corrected chi connectivity index (χ4v) is 2.63. The number of carboxylic acid groups (broad SMARTS) is 1. The zero-order chi connectivity index (χ0) is 18.7. The van der Waals surface area contributed by atoms with Crippen molar-refractivity contribution >= 4 is 18.0 Å².